The summed E-state index contributed by atoms with van der Waals surface area (Å²) < 4.78 is 6.18. The van der Waals surface area contributed by atoms with E-state index >= 15 is 0 Å². The maximum atomic E-state index is 12.1. The first-order valence-corrected chi connectivity index (χ1v) is 11.8. The van der Waals surface area contributed by atoms with Crippen molar-refractivity contribution in [1.82, 2.24) is 0 Å². The molecule has 1 aromatic rings. The molecule has 4 nitrogen and oxygen atoms in total. The maximum absolute atomic E-state index is 12.1. The van der Waals surface area contributed by atoms with E-state index in [0.717, 1.165) is 55.6 Å². The number of rotatable bonds is 3. The van der Waals surface area contributed by atoms with Gasteiger partial charge in [0, 0.05) is 11.3 Å². The zero-order valence-electron chi connectivity index (χ0n) is 18.6. The lowest BCUT2D eigenvalue weighted by Gasteiger charge is -2.60. The first-order valence-electron chi connectivity index (χ1n) is 11.8. The van der Waals surface area contributed by atoms with Crippen LogP contribution in [0.25, 0.3) is 0 Å². The Balaban J connectivity index is 1.42. The van der Waals surface area contributed by atoms with E-state index < -0.39 is 11.2 Å². The highest BCUT2D eigenvalue weighted by molar-refractivity contribution is 5.92. The summed E-state index contributed by atoms with van der Waals surface area (Å²) in [6, 6.07) is 9.88. The molecule has 1 aromatic carbocycles. The highest BCUT2D eigenvalue weighted by Gasteiger charge is 2.65. The first-order chi connectivity index (χ1) is 14.7. The molecule has 4 aliphatic carbocycles. The van der Waals surface area contributed by atoms with E-state index in [0.29, 0.717) is 17.8 Å². The highest BCUT2D eigenvalue weighted by Crippen LogP contribution is 2.68. The number of carbonyl (C=O) groups is 1. The van der Waals surface area contributed by atoms with Crippen molar-refractivity contribution in [2.45, 2.75) is 64.6 Å². The van der Waals surface area contributed by atoms with Gasteiger partial charge in [-0.25, -0.2) is 0 Å². The molecule has 0 heterocycles. The molecule has 5 rings (SSSR count). The minimum atomic E-state index is -1.96. The molecule has 0 unspecified atom stereocenters. The minimum absolute atomic E-state index is 0.114. The molecule has 2 N–H and O–H groups in total. The van der Waals surface area contributed by atoms with Crippen LogP contribution >= 0.6 is 0 Å². The second-order valence-corrected chi connectivity index (χ2v) is 10.8. The average molecular weight is 423 g/mol. The smallest absolute Gasteiger partial charge is 0.179 e. The van der Waals surface area contributed by atoms with Crippen molar-refractivity contribution in [3.05, 3.63) is 54.3 Å². The van der Waals surface area contributed by atoms with Crippen molar-refractivity contribution in [2.24, 2.45) is 34.5 Å². The van der Waals surface area contributed by atoms with E-state index in [1.165, 1.54) is 0 Å². The van der Waals surface area contributed by atoms with E-state index in [1.54, 1.807) is 6.08 Å². The van der Waals surface area contributed by atoms with Gasteiger partial charge in [0.1, 0.15) is 11.5 Å². The summed E-state index contributed by atoms with van der Waals surface area (Å²) in [5.41, 5.74) is 0.327. The fraction of sp³-hybridized carbons (Fsp3) is 0.593. The van der Waals surface area contributed by atoms with Crippen LogP contribution in [-0.4, -0.2) is 21.8 Å². The van der Waals surface area contributed by atoms with Gasteiger partial charge in [0.2, 0.25) is 0 Å². The molecule has 4 heteroatoms. The Labute approximate surface area is 185 Å². The number of hydrogen-bond donors (Lipinski definition) is 2. The largest absolute Gasteiger partial charge is 0.462 e. The van der Waals surface area contributed by atoms with Crippen LogP contribution in [0.15, 0.2) is 54.3 Å². The summed E-state index contributed by atoms with van der Waals surface area (Å²) in [5.74, 6) is 1.03. The summed E-state index contributed by atoms with van der Waals surface area (Å²) >= 11 is 0. The fourth-order valence-corrected chi connectivity index (χ4v) is 7.91. The van der Waals surface area contributed by atoms with Gasteiger partial charge >= 0.3 is 0 Å². The maximum Gasteiger partial charge on any atom is 0.179 e. The van der Waals surface area contributed by atoms with Crippen LogP contribution in [0.3, 0.4) is 0 Å². The second kappa shape index (κ2) is 7.05. The van der Waals surface area contributed by atoms with Crippen molar-refractivity contribution < 1.29 is 19.7 Å². The number of allylic oxidation sites excluding steroid dienone is 1. The number of aliphatic hydroxyl groups is 2. The molecule has 0 saturated heterocycles. The fourth-order valence-electron chi connectivity index (χ4n) is 7.91. The van der Waals surface area contributed by atoms with Gasteiger partial charge in [0.05, 0.1) is 6.42 Å². The van der Waals surface area contributed by atoms with Crippen molar-refractivity contribution in [3.8, 4) is 5.75 Å². The third kappa shape index (κ3) is 2.98. The van der Waals surface area contributed by atoms with Gasteiger partial charge in [0.15, 0.2) is 11.6 Å². The lowest BCUT2D eigenvalue weighted by Crippen LogP contribution is -2.61. The summed E-state index contributed by atoms with van der Waals surface area (Å²) in [5, 5.41) is 22.0. The Morgan fingerprint density at radius 3 is 2.55 bits per heavy atom. The molecule has 166 valence electrons. The Kier molecular flexibility index (Phi) is 4.76. The van der Waals surface area contributed by atoms with E-state index in [9.17, 15) is 15.0 Å². The van der Waals surface area contributed by atoms with Crippen molar-refractivity contribution in [1.29, 1.82) is 0 Å². The molecule has 0 amide bonds. The molecule has 4 aliphatic rings. The summed E-state index contributed by atoms with van der Waals surface area (Å²) in [7, 11) is 0. The van der Waals surface area contributed by atoms with Crippen molar-refractivity contribution in [2.75, 3.05) is 0 Å². The quantitative estimate of drug-likeness (QED) is 0.530. The molecule has 3 fully saturated rings. The number of ketones is 1. The number of carbonyl (C=O) groups excluding carboxylic acids is 1. The molecule has 0 aromatic heterocycles. The molecule has 6 atom stereocenters. The van der Waals surface area contributed by atoms with Crippen LogP contribution < -0.4 is 4.74 Å². The van der Waals surface area contributed by atoms with Crippen LogP contribution in [0.1, 0.15) is 58.8 Å². The van der Waals surface area contributed by atoms with Crippen LogP contribution in [0.2, 0.25) is 0 Å². The number of para-hydroxylation sites is 1. The Morgan fingerprint density at radius 1 is 1.06 bits per heavy atom. The molecular formula is C27H34O4. The Bertz CT molecular complexity index is 932. The summed E-state index contributed by atoms with van der Waals surface area (Å²) in [6.45, 7) is 8.73. The molecule has 0 aliphatic heterocycles. The first kappa shape index (κ1) is 21.0. The number of fused-ring (bicyclic) bond motifs is 5. The highest BCUT2D eigenvalue weighted by atomic mass is 16.5. The van der Waals surface area contributed by atoms with Crippen LogP contribution in [0, 0.1) is 34.5 Å². The average Bonchev–Trinajstić information content (AvgIpc) is 3.07. The molecule has 0 spiro atoms. The summed E-state index contributed by atoms with van der Waals surface area (Å²) in [6.07, 6.45) is 7.48. The van der Waals surface area contributed by atoms with E-state index in [1.807, 2.05) is 37.3 Å². The van der Waals surface area contributed by atoms with Gasteiger partial charge in [-0.2, -0.15) is 0 Å². The monoisotopic (exact) mass is 422 g/mol. The normalized spacial score (nSPS) is 40.9. The van der Waals surface area contributed by atoms with Crippen LogP contribution in [-0.2, 0) is 4.79 Å². The zero-order chi connectivity index (χ0) is 22.0. The van der Waals surface area contributed by atoms with Gasteiger partial charge < -0.3 is 14.9 Å². The third-order valence-electron chi connectivity index (χ3n) is 9.56. The second-order valence-electron chi connectivity index (χ2n) is 10.8. The Morgan fingerprint density at radius 2 is 1.81 bits per heavy atom. The SMILES string of the molecule is C=C(Oc1ccccc1)[C@@H]1CC[C@H]2[C@@H]3CCC4=CC(=O)CC(O)(O)[C@]4(C)[C@H]3CC[C@]12C. The van der Waals surface area contributed by atoms with Gasteiger partial charge in [-0.1, -0.05) is 44.2 Å². The van der Waals surface area contributed by atoms with Crippen LogP contribution in [0.4, 0.5) is 0 Å². The van der Waals surface area contributed by atoms with Crippen LogP contribution in [0.5, 0.6) is 5.75 Å². The standard InChI is InChI=1S/C27H34O4/c1-17(31-20-7-5-4-6-8-20)22-11-12-23-21-10-9-18-15-19(28)16-27(29,30)26(18,3)24(21)13-14-25(22,23)2/h4-8,15,21-24,29-30H,1,9-14,16H2,2-3H3/t21-,22-,23-,24-,25+,26-/m0/s1. The molecule has 0 bridgehead atoms. The minimum Gasteiger partial charge on any atom is -0.462 e. The zero-order valence-corrected chi connectivity index (χ0v) is 18.6. The van der Waals surface area contributed by atoms with Gasteiger partial charge in [-0.05, 0) is 79.9 Å². The molecule has 31 heavy (non-hydrogen) atoms. The number of ether oxygens (including phenoxy) is 1. The van der Waals surface area contributed by atoms with Gasteiger partial charge in [-0.15, -0.1) is 0 Å². The lowest BCUT2D eigenvalue weighted by atomic mass is 9.45. The van der Waals surface area contributed by atoms with Crippen molar-refractivity contribution in [3.63, 3.8) is 0 Å². The molecule has 3 saturated carbocycles. The van der Waals surface area contributed by atoms with E-state index in [2.05, 4.69) is 13.5 Å². The summed E-state index contributed by atoms with van der Waals surface area (Å²) in [4.78, 5) is 12.1. The van der Waals surface area contributed by atoms with E-state index in [-0.39, 0.29) is 23.5 Å². The topological polar surface area (TPSA) is 66.8 Å². The molecule has 0 radical (unpaired) electrons. The molecular weight excluding hydrogens is 388 g/mol. The predicted molar refractivity (Wildman–Crippen MR) is 119 cm³/mol. The Hall–Kier alpha value is -1.91. The van der Waals surface area contributed by atoms with Gasteiger partial charge in [-0.3, -0.25) is 4.79 Å². The third-order valence-corrected chi connectivity index (χ3v) is 9.56. The van der Waals surface area contributed by atoms with Crippen molar-refractivity contribution >= 4 is 5.78 Å². The number of benzene rings is 1. The van der Waals surface area contributed by atoms with Gasteiger partial charge in [0.25, 0.3) is 0 Å². The number of hydrogen-bond acceptors (Lipinski definition) is 4. The van der Waals surface area contributed by atoms with E-state index in [4.69, 9.17) is 4.74 Å². The predicted octanol–water partition coefficient (Wildman–Crippen LogP) is 5.02. The lowest BCUT2D eigenvalue weighted by molar-refractivity contribution is -0.263.